The predicted octanol–water partition coefficient (Wildman–Crippen LogP) is 3.11. The molecule has 1 aliphatic heterocycles. The van der Waals surface area contributed by atoms with Gasteiger partial charge in [0.2, 0.25) is 5.91 Å². The molecule has 1 unspecified atom stereocenters. The molecule has 3 aliphatic rings. The zero-order valence-electron chi connectivity index (χ0n) is 20.4. The predicted molar refractivity (Wildman–Crippen MR) is 138 cm³/mol. The average Bonchev–Trinajstić information content (AvgIpc) is 3.66. The summed E-state index contributed by atoms with van der Waals surface area (Å²) >= 11 is 0. The third-order valence-electron chi connectivity index (χ3n) is 7.31. The van der Waals surface area contributed by atoms with Crippen LogP contribution in [0.1, 0.15) is 31.9 Å². The minimum Gasteiger partial charge on any atom is -0.492 e. The van der Waals surface area contributed by atoms with Gasteiger partial charge in [-0.25, -0.2) is 0 Å². The number of ether oxygens (including phenoxy) is 1. The number of benzene rings is 1. The van der Waals surface area contributed by atoms with E-state index in [4.69, 9.17) is 10.5 Å². The standard InChI is InChI=1S/C27H37N5O2/c1-3-32-24-18-22(34-17-16-31-14-12-30(2)13-15-31)10-11-23(24)25(28)26(32)19-6-8-21(9-7-19)29-27(33)20-4-5-20/h6-8,10-11,18,20-21H,3-5,9,12-17,28H2,1-2H3,(H,29,33). The number of fused-ring (bicyclic) bond motifs is 1. The molecule has 0 spiro atoms. The summed E-state index contributed by atoms with van der Waals surface area (Å²) in [4.78, 5) is 16.9. The van der Waals surface area contributed by atoms with Crippen molar-refractivity contribution in [2.45, 2.75) is 38.8 Å². The number of aryl methyl sites for hydroxylation is 1. The molecule has 2 fully saturated rings. The van der Waals surface area contributed by atoms with Crippen molar-refractivity contribution in [2.24, 2.45) is 5.92 Å². The monoisotopic (exact) mass is 463 g/mol. The van der Waals surface area contributed by atoms with Crippen molar-refractivity contribution in [1.29, 1.82) is 0 Å². The van der Waals surface area contributed by atoms with Crippen LogP contribution >= 0.6 is 0 Å². The van der Waals surface area contributed by atoms with E-state index >= 15 is 0 Å². The van der Waals surface area contributed by atoms with Gasteiger partial charge in [-0.2, -0.15) is 0 Å². The fraction of sp³-hybridized carbons (Fsp3) is 0.519. The van der Waals surface area contributed by atoms with Crippen molar-refractivity contribution in [2.75, 3.05) is 52.1 Å². The lowest BCUT2D eigenvalue weighted by Crippen LogP contribution is -2.45. The highest BCUT2D eigenvalue weighted by atomic mass is 16.5. The van der Waals surface area contributed by atoms with Gasteiger partial charge in [0.15, 0.2) is 0 Å². The summed E-state index contributed by atoms with van der Waals surface area (Å²) in [6.07, 6.45) is 9.24. The van der Waals surface area contributed by atoms with Crippen molar-refractivity contribution >= 4 is 28.1 Å². The second-order valence-electron chi connectivity index (χ2n) is 9.82. The fourth-order valence-corrected chi connectivity index (χ4v) is 5.00. The minimum atomic E-state index is 0.0674. The van der Waals surface area contributed by atoms with Gasteiger partial charge in [-0.1, -0.05) is 18.2 Å². The maximum absolute atomic E-state index is 12.1. The molecule has 0 radical (unpaired) electrons. The van der Waals surface area contributed by atoms with Crippen LogP contribution in [-0.2, 0) is 11.3 Å². The van der Waals surface area contributed by atoms with Crippen LogP contribution in [0.2, 0.25) is 0 Å². The number of amides is 1. The van der Waals surface area contributed by atoms with E-state index in [-0.39, 0.29) is 17.9 Å². The first kappa shape index (κ1) is 23.0. The van der Waals surface area contributed by atoms with E-state index in [1.807, 2.05) is 6.07 Å². The quantitative estimate of drug-likeness (QED) is 0.629. The van der Waals surface area contributed by atoms with Crippen LogP contribution in [0.5, 0.6) is 5.75 Å². The highest BCUT2D eigenvalue weighted by Gasteiger charge is 2.30. The number of nitrogens with one attached hydrogen (secondary N) is 1. The number of aromatic nitrogens is 1. The lowest BCUT2D eigenvalue weighted by Gasteiger charge is -2.32. The molecule has 1 aromatic carbocycles. The molecule has 2 aromatic rings. The summed E-state index contributed by atoms with van der Waals surface area (Å²) in [6, 6.07) is 6.30. The van der Waals surface area contributed by atoms with Gasteiger partial charge in [-0.3, -0.25) is 9.69 Å². The van der Waals surface area contributed by atoms with E-state index in [0.717, 1.165) is 92.1 Å². The van der Waals surface area contributed by atoms with Crippen molar-refractivity contribution < 1.29 is 9.53 Å². The summed E-state index contributed by atoms with van der Waals surface area (Å²) in [5, 5.41) is 4.20. The number of likely N-dealkylation sites (N-methyl/N-ethyl adjacent to an activating group) is 1. The van der Waals surface area contributed by atoms with Crippen LogP contribution in [0.15, 0.2) is 36.4 Å². The van der Waals surface area contributed by atoms with Crippen LogP contribution in [0.3, 0.4) is 0 Å². The molecule has 3 N–H and O–H groups in total. The topological polar surface area (TPSA) is 75.8 Å². The Bertz CT molecular complexity index is 1110. The lowest BCUT2D eigenvalue weighted by molar-refractivity contribution is -0.122. The second-order valence-corrected chi connectivity index (χ2v) is 9.82. The van der Waals surface area contributed by atoms with Gasteiger partial charge in [0.25, 0.3) is 0 Å². The molecule has 34 heavy (non-hydrogen) atoms. The Morgan fingerprint density at radius 2 is 2.00 bits per heavy atom. The zero-order valence-corrected chi connectivity index (χ0v) is 20.4. The third kappa shape index (κ3) is 4.86. The van der Waals surface area contributed by atoms with Gasteiger partial charge >= 0.3 is 0 Å². The third-order valence-corrected chi connectivity index (χ3v) is 7.31. The highest BCUT2D eigenvalue weighted by molar-refractivity contribution is 6.00. The largest absolute Gasteiger partial charge is 0.492 e. The Labute approximate surface area is 202 Å². The van der Waals surface area contributed by atoms with Gasteiger partial charge in [0, 0.05) is 56.6 Å². The number of allylic oxidation sites excluding steroid dienone is 2. The Balaban J connectivity index is 1.28. The normalized spacial score (nSPS) is 21.6. The number of hydrogen-bond acceptors (Lipinski definition) is 5. The molecule has 1 saturated carbocycles. The first-order chi connectivity index (χ1) is 16.5. The Morgan fingerprint density at radius 1 is 1.21 bits per heavy atom. The van der Waals surface area contributed by atoms with E-state index in [0.29, 0.717) is 6.61 Å². The molecule has 1 atom stereocenters. The highest BCUT2D eigenvalue weighted by Crippen LogP contribution is 2.37. The van der Waals surface area contributed by atoms with Crippen LogP contribution in [0.25, 0.3) is 16.5 Å². The molecule has 1 amide bonds. The van der Waals surface area contributed by atoms with E-state index in [1.165, 1.54) is 0 Å². The fourth-order valence-electron chi connectivity index (χ4n) is 5.00. The molecule has 5 rings (SSSR count). The SMILES string of the molecule is CCn1c(C2=CCC(NC(=O)C3CC3)C=C2)c(N)c2ccc(OCCN3CCN(C)CC3)cc21. The van der Waals surface area contributed by atoms with Crippen molar-refractivity contribution in [1.82, 2.24) is 19.7 Å². The summed E-state index contributed by atoms with van der Waals surface area (Å²) < 4.78 is 8.41. The minimum absolute atomic E-state index is 0.0674. The number of carbonyl (C=O) groups is 1. The molecule has 0 bridgehead atoms. The summed E-state index contributed by atoms with van der Waals surface area (Å²) in [5.41, 5.74) is 10.7. The van der Waals surface area contributed by atoms with Crippen LogP contribution in [0.4, 0.5) is 5.69 Å². The van der Waals surface area contributed by atoms with Gasteiger partial charge in [0.05, 0.1) is 22.9 Å². The maximum atomic E-state index is 12.1. The number of rotatable bonds is 8. The number of piperazine rings is 1. The molecule has 7 heteroatoms. The van der Waals surface area contributed by atoms with E-state index < -0.39 is 0 Å². The van der Waals surface area contributed by atoms with Crippen LogP contribution in [-0.4, -0.2) is 72.7 Å². The number of carbonyl (C=O) groups excluding carboxylic acids is 1. The molecular weight excluding hydrogens is 426 g/mol. The van der Waals surface area contributed by atoms with Crippen LogP contribution < -0.4 is 15.8 Å². The smallest absolute Gasteiger partial charge is 0.223 e. The summed E-state index contributed by atoms with van der Waals surface area (Å²) in [5.74, 6) is 1.31. The molecule has 1 aromatic heterocycles. The van der Waals surface area contributed by atoms with E-state index in [1.54, 1.807) is 0 Å². The number of nitrogens with two attached hydrogens (primary N) is 1. The number of nitrogens with zero attached hydrogens (tertiary/aromatic N) is 3. The maximum Gasteiger partial charge on any atom is 0.223 e. The molecule has 182 valence electrons. The van der Waals surface area contributed by atoms with Crippen LogP contribution in [0, 0.1) is 5.92 Å². The zero-order chi connectivity index (χ0) is 23.7. The van der Waals surface area contributed by atoms with Gasteiger partial charge < -0.3 is 25.3 Å². The molecular formula is C27H37N5O2. The van der Waals surface area contributed by atoms with Crippen molar-refractivity contribution in [3.8, 4) is 5.75 Å². The summed E-state index contributed by atoms with van der Waals surface area (Å²) in [6.45, 7) is 9.05. The Hall–Kier alpha value is -2.77. The van der Waals surface area contributed by atoms with Crippen molar-refractivity contribution in [3.05, 3.63) is 42.1 Å². The van der Waals surface area contributed by atoms with Gasteiger partial charge in [-0.15, -0.1) is 0 Å². The van der Waals surface area contributed by atoms with E-state index in [2.05, 4.69) is 64.0 Å². The molecule has 2 heterocycles. The van der Waals surface area contributed by atoms with Crippen molar-refractivity contribution in [3.63, 3.8) is 0 Å². The molecule has 1 saturated heterocycles. The number of anilines is 1. The Kier molecular flexibility index (Phi) is 6.66. The van der Waals surface area contributed by atoms with E-state index in [9.17, 15) is 4.79 Å². The summed E-state index contributed by atoms with van der Waals surface area (Å²) in [7, 11) is 2.18. The second kappa shape index (κ2) is 9.84. The van der Waals surface area contributed by atoms with Gasteiger partial charge in [0.1, 0.15) is 12.4 Å². The Morgan fingerprint density at radius 3 is 2.68 bits per heavy atom. The first-order valence-corrected chi connectivity index (χ1v) is 12.7. The van der Waals surface area contributed by atoms with Gasteiger partial charge in [-0.05, 0) is 50.9 Å². The number of hydrogen-bond donors (Lipinski definition) is 2. The lowest BCUT2D eigenvalue weighted by atomic mass is 9.99. The molecule has 2 aliphatic carbocycles. The average molecular weight is 464 g/mol. The molecule has 7 nitrogen and oxygen atoms in total. The number of nitrogen functional groups attached to an aromatic ring is 1. The first-order valence-electron chi connectivity index (χ1n) is 12.7.